The molecule has 0 bridgehead atoms. The Morgan fingerprint density at radius 1 is 0.732 bits per heavy atom. The van der Waals surface area contributed by atoms with Crippen LogP contribution in [0.25, 0.3) is 0 Å². The largest absolute Gasteiger partial charge is 0.462 e. The van der Waals surface area contributed by atoms with Crippen LogP contribution < -0.4 is 11.1 Å². The van der Waals surface area contributed by atoms with Crippen LogP contribution in [0.4, 0.5) is 0 Å². The first-order valence-corrected chi connectivity index (χ1v) is 24.7. The van der Waals surface area contributed by atoms with Gasteiger partial charge in [-0.2, -0.15) is 0 Å². The van der Waals surface area contributed by atoms with Gasteiger partial charge in [-0.15, -0.1) is 0 Å². The van der Waals surface area contributed by atoms with Gasteiger partial charge in [-0.1, -0.05) is 113 Å². The van der Waals surface area contributed by atoms with Gasteiger partial charge >= 0.3 is 5.97 Å². The first kappa shape index (κ1) is 63.6. The highest BCUT2D eigenvalue weighted by Gasteiger charge is 2.42. The molecular formula is C52H86N2O17. The van der Waals surface area contributed by atoms with Crippen LogP contribution in [-0.4, -0.2) is 186 Å². The van der Waals surface area contributed by atoms with E-state index in [-0.39, 0.29) is 70.5 Å². The van der Waals surface area contributed by atoms with Crippen LogP contribution in [0, 0.1) is 17.3 Å². The fraction of sp³-hybridized carbons (Fsp3) is 0.692. The average molecular weight is 1010 g/mol. The summed E-state index contributed by atoms with van der Waals surface area (Å²) in [5.74, 6) is -3.09. The lowest BCUT2D eigenvalue weighted by Crippen LogP contribution is -2.58. The van der Waals surface area contributed by atoms with Crippen molar-refractivity contribution in [2.45, 2.75) is 184 Å². The molecule has 2 heterocycles. The summed E-state index contributed by atoms with van der Waals surface area (Å²) >= 11 is 0. The first-order chi connectivity index (χ1) is 33.6. The van der Waals surface area contributed by atoms with E-state index in [9.17, 15) is 65.8 Å². The van der Waals surface area contributed by atoms with Gasteiger partial charge in [-0.05, 0) is 44.4 Å². The maximum absolute atomic E-state index is 14.2. The Bertz CT molecular complexity index is 1710. The van der Waals surface area contributed by atoms with Crippen molar-refractivity contribution in [2.75, 3.05) is 26.4 Å². The Morgan fingerprint density at radius 3 is 1.89 bits per heavy atom. The van der Waals surface area contributed by atoms with Crippen molar-refractivity contribution in [3.8, 4) is 0 Å². The molecule has 1 fully saturated rings. The Morgan fingerprint density at radius 2 is 1.31 bits per heavy atom. The quantitative estimate of drug-likeness (QED) is 0.142. The number of aliphatic hydroxyl groups excluding tert-OH is 11. The van der Waals surface area contributed by atoms with E-state index in [1.807, 2.05) is 37.3 Å². The SMILES string of the molecule is C[C@H]1C[C@H](O)[C@@H](C)/C=C/C=C/C=C/C=C/C=C/C=C/C=C/C(O[C@@H]2OC[C@@H](O)[C@H](N)[C@@H]2O)C[C@@H]([C@H](C(=O)N[C@H](CO)C(C)(C)C)[C@@H](O)CCO)OCCC(O)CC(O)C(O)CCC(O)CC(O)CC(=O)O1. The van der Waals surface area contributed by atoms with Gasteiger partial charge in [0, 0.05) is 38.4 Å². The predicted molar refractivity (Wildman–Crippen MR) is 266 cm³/mol. The van der Waals surface area contributed by atoms with Crippen LogP contribution in [0.3, 0.4) is 0 Å². The highest BCUT2D eigenvalue weighted by Crippen LogP contribution is 2.28. The number of hydrogen-bond donors (Lipinski definition) is 13. The van der Waals surface area contributed by atoms with E-state index in [0.29, 0.717) is 0 Å². The second-order valence-corrected chi connectivity index (χ2v) is 19.7. The molecule has 14 N–H and O–H groups in total. The molecule has 2 aliphatic rings. The molecule has 0 spiro atoms. The number of esters is 1. The molecule has 406 valence electrons. The van der Waals surface area contributed by atoms with Crippen molar-refractivity contribution >= 4 is 11.9 Å². The molecule has 2 rings (SSSR count). The highest BCUT2D eigenvalue weighted by molar-refractivity contribution is 5.80. The van der Waals surface area contributed by atoms with Crippen molar-refractivity contribution in [1.29, 1.82) is 0 Å². The maximum Gasteiger partial charge on any atom is 0.308 e. The molecule has 0 aromatic carbocycles. The van der Waals surface area contributed by atoms with E-state index < -0.39 is 134 Å². The van der Waals surface area contributed by atoms with Crippen molar-refractivity contribution in [3.63, 3.8) is 0 Å². The molecule has 0 aromatic rings. The Labute approximate surface area is 419 Å². The summed E-state index contributed by atoms with van der Waals surface area (Å²) < 4.78 is 23.5. The normalized spacial score (nSPS) is 37.2. The zero-order valence-corrected chi connectivity index (χ0v) is 42.0. The van der Waals surface area contributed by atoms with Crippen molar-refractivity contribution in [3.05, 3.63) is 85.1 Å². The van der Waals surface area contributed by atoms with Crippen LogP contribution in [0.15, 0.2) is 85.1 Å². The topological polar surface area (TPSA) is 332 Å². The Kier molecular flexibility index (Phi) is 30.6. The molecule has 2 aliphatic heterocycles. The summed E-state index contributed by atoms with van der Waals surface area (Å²) in [4.78, 5) is 26.7. The lowest BCUT2D eigenvalue weighted by atomic mass is 9.85. The van der Waals surface area contributed by atoms with Gasteiger partial charge in [0.1, 0.15) is 12.2 Å². The van der Waals surface area contributed by atoms with Gasteiger partial charge < -0.3 is 86.2 Å². The molecule has 0 saturated carbocycles. The number of carbonyl (C=O) groups is 2. The molecule has 17 atom stereocenters. The van der Waals surface area contributed by atoms with Crippen molar-refractivity contribution in [2.24, 2.45) is 23.0 Å². The third kappa shape index (κ3) is 25.3. The number of nitrogens with one attached hydrogen (secondary N) is 1. The molecular weight excluding hydrogens is 925 g/mol. The van der Waals surface area contributed by atoms with E-state index in [0.717, 1.165) is 0 Å². The van der Waals surface area contributed by atoms with E-state index in [2.05, 4.69) is 5.32 Å². The van der Waals surface area contributed by atoms with Crippen LogP contribution in [0.2, 0.25) is 0 Å². The molecule has 19 heteroatoms. The number of amides is 1. The molecule has 1 saturated heterocycles. The number of cyclic esters (lactones) is 1. The predicted octanol–water partition coefficient (Wildman–Crippen LogP) is 0.806. The van der Waals surface area contributed by atoms with E-state index in [1.54, 1.807) is 82.4 Å². The smallest absolute Gasteiger partial charge is 0.308 e. The average Bonchev–Trinajstić information content (AvgIpc) is 3.29. The summed E-state index contributed by atoms with van der Waals surface area (Å²) in [6.45, 7) is 7.42. The minimum atomic E-state index is -1.50. The molecule has 71 heavy (non-hydrogen) atoms. The third-order valence-electron chi connectivity index (χ3n) is 12.4. The summed E-state index contributed by atoms with van der Waals surface area (Å²) in [6.07, 6.45) is 7.34. The molecule has 0 radical (unpaired) electrons. The number of carbonyl (C=O) groups excluding carboxylic acids is 2. The summed E-state index contributed by atoms with van der Waals surface area (Å²) in [6, 6.07) is -1.89. The van der Waals surface area contributed by atoms with Gasteiger partial charge in [0.15, 0.2) is 6.29 Å². The molecule has 0 aromatic heterocycles. The number of nitrogens with two attached hydrogens (primary N) is 1. The molecule has 19 nitrogen and oxygen atoms in total. The molecule has 0 aliphatic carbocycles. The highest BCUT2D eigenvalue weighted by atomic mass is 16.7. The first-order valence-electron chi connectivity index (χ1n) is 24.7. The van der Waals surface area contributed by atoms with Crippen LogP contribution in [0.1, 0.15) is 92.4 Å². The zero-order valence-electron chi connectivity index (χ0n) is 42.0. The molecule has 1 amide bonds. The van der Waals surface area contributed by atoms with Gasteiger partial charge in [0.25, 0.3) is 0 Å². The van der Waals surface area contributed by atoms with Gasteiger partial charge in [0.2, 0.25) is 5.91 Å². The minimum Gasteiger partial charge on any atom is -0.462 e. The summed E-state index contributed by atoms with van der Waals surface area (Å²) in [5, 5.41) is 120. The van der Waals surface area contributed by atoms with E-state index in [1.165, 1.54) is 0 Å². The monoisotopic (exact) mass is 1010 g/mol. The lowest BCUT2D eigenvalue weighted by molar-refractivity contribution is -0.255. The number of aliphatic hydroxyl groups is 11. The van der Waals surface area contributed by atoms with Gasteiger partial charge in [0.05, 0.1) is 98.7 Å². The molecule has 6 unspecified atom stereocenters. The standard InChI is InChI=1S/C52H86N2O17/c1-33-18-16-14-12-10-8-6-7-9-11-13-15-17-19-38(71-51-49(66)48(53)43(64)32-69-51)30-44(47(40(61)22-24-55)50(67)54-45(31-56)52(3,4)5)68-25-23-36(58)28-42(63)39(60)21-20-35(57)27-37(59)29-46(65)70-34(2)26-41(33)62/h6-19,33-45,47-49,51,55-64,66H,20-32,53H2,1-5H3,(H,54,67)/b7-6+,10-8+,11-9+,14-12+,15-13+,18-16+,19-17+/t33-,34-,35?,36?,37?,38?,39?,40-,41-,42?,43+,44-,45+,47+,48-,49-,51-/m0/s1. The van der Waals surface area contributed by atoms with E-state index in [4.69, 9.17) is 24.7 Å². The van der Waals surface area contributed by atoms with Crippen molar-refractivity contribution in [1.82, 2.24) is 5.32 Å². The second-order valence-electron chi connectivity index (χ2n) is 19.7. The second kappa shape index (κ2) is 34.1. The van der Waals surface area contributed by atoms with Crippen LogP contribution in [-0.2, 0) is 28.5 Å². The lowest BCUT2D eigenvalue weighted by Gasteiger charge is -2.38. The number of ether oxygens (including phenoxy) is 4. The van der Waals surface area contributed by atoms with Crippen LogP contribution >= 0.6 is 0 Å². The number of hydrogen-bond acceptors (Lipinski definition) is 18. The summed E-state index contributed by atoms with van der Waals surface area (Å²) in [5.41, 5.74) is 5.42. The number of rotatable bonds is 9. The summed E-state index contributed by atoms with van der Waals surface area (Å²) in [7, 11) is 0. The number of allylic oxidation sites excluding steroid dienone is 12. The minimum absolute atomic E-state index is 0.0622. The maximum atomic E-state index is 14.2. The van der Waals surface area contributed by atoms with Gasteiger partial charge in [-0.3, -0.25) is 9.59 Å². The van der Waals surface area contributed by atoms with Gasteiger partial charge in [-0.25, -0.2) is 0 Å². The fourth-order valence-electron chi connectivity index (χ4n) is 7.78. The third-order valence-corrected chi connectivity index (χ3v) is 12.4. The van der Waals surface area contributed by atoms with E-state index >= 15 is 0 Å². The van der Waals surface area contributed by atoms with Crippen molar-refractivity contribution < 1.29 is 84.7 Å². The zero-order chi connectivity index (χ0) is 53.1. The fourth-order valence-corrected chi connectivity index (χ4v) is 7.78. The van der Waals surface area contributed by atoms with Crippen LogP contribution in [0.5, 0.6) is 0 Å². The Hall–Kier alpha value is -3.48. The Balaban J connectivity index is 2.51.